The lowest BCUT2D eigenvalue weighted by molar-refractivity contribution is 0.0641. The van der Waals surface area contributed by atoms with Gasteiger partial charge in [0.15, 0.2) is 0 Å². The molecule has 0 radical (unpaired) electrons. The van der Waals surface area contributed by atoms with Gasteiger partial charge in [-0.05, 0) is 51.5 Å². The van der Waals surface area contributed by atoms with Crippen molar-refractivity contribution in [2.75, 3.05) is 6.61 Å². The highest BCUT2D eigenvalue weighted by molar-refractivity contribution is 5.94. The van der Waals surface area contributed by atoms with Crippen LogP contribution in [0, 0.1) is 0 Å². The zero-order chi connectivity index (χ0) is 18.2. The topological polar surface area (TPSA) is 47.6 Å². The molecule has 0 bridgehead atoms. The third-order valence-electron chi connectivity index (χ3n) is 3.84. The fourth-order valence-corrected chi connectivity index (χ4v) is 2.49. The van der Waals surface area contributed by atoms with E-state index in [0.29, 0.717) is 18.8 Å². The van der Waals surface area contributed by atoms with Crippen LogP contribution in [0.2, 0.25) is 0 Å². The monoisotopic (exact) mass is 341 g/mol. The summed E-state index contributed by atoms with van der Waals surface area (Å²) in [5.74, 6) is 0.654. The molecule has 0 saturated carbocycles. The van der Waals surface area contributed by atoms with Crippen molar-refractivity contribution in [1.29, 1.82) is 0 Å². The third kappa shape index (κ3) is 5.61. The van der Waals surface area contributed by atoms with Gasteiger partial charge in [0.1, 0.15) is 5.75 Å². The molecule has 2 rings (SSSR count). The van der Waals surface area contributed by atoms with E-state index >= 15 is 0 Å². The van der Waals surface area contributed by atoms with Gasteiger partial charge in [-0.2, -0.15) is 0 Å². The summed E-state index contributed by atoms with van der Waals surface area (Å²) in [5.41, 5.74) is 2.56. The molecule has 0 aliphatic heterocycles. The average molecular weight is 341 g/mol. The first-order valence-corrected chi connectivity index (χ1v) is 8.74. The molecule has 0 spiro atoms. The molecule has 0 heterocycles. The summed E-state index contributed by atoms with van der Waals surface area (Å²) < 4.78 is 11.3. The second kappa shape index (κ2) is 9.23. The lowest BCUT2D eigenvalue weighted by atomic mass is 10.1. The lowest BCUT2D eigenvalue weighted by Crippen LogP contribution is -2.26. The Morgan fingerprint density at radius 1 is 1.08 bits per heavy atom. The van der Waals surface area contributed by atoms with Crippen LogP contribution in [0.1, 0.15) is 55.2 Å². The molecule has 0 aliphatic carbocycles. The van der Waals surface area contributed by atoms with Crippen LogP contribution in [0.5, 0.6) is 5.75 Å². The summed E-state index contributed by atoms with van der Waals surface area (Å²) in [5, 5.41) is 3.04. The van der Waals surface area contributed by atoms with Crippen LogP contribution in [-0.4, -0.2) is 18.6 Å². The number of nitrogens with one attached hydrogen (secondary N) is 1. The molecule has 0 fully saturated rings. The molecule has 0 unspecified atom stereocenters. The highest BCUT2D eigenvalue weighted by Gasteiger charge is 2.14. The molecule has 2 aromatic carbocycles. The fourth-order valence-electron chi connectivity index (χ4n) is 2.49. The number of ether oxygens (including phenoxy) is 2. The van der Waals surface area contributed by atoms with Gasteiger partial charge in [-0.3, -0.25) is 4.79 Å². The fraction of sp³-hybridized carbons (Fsp3) is 0.381. The Kier molecular flexibility index (Phi) is 7.02. The van der Waals surface area contributed by atoms with Gasteiger partial charge in [0.2, 0.25) is 0 Å². The normalized spacial score (nSPS) is 12.0. The van der Waals surface area contributed by atoms with Crippen molar-refractivity contribution in [2.24, 2.45) is 0 Å². The smallest absolute Gasteiger partial charge is 0.251 e. The van der Waals surface area contributed by atoms with E-state index in [-0.39, 0.29) is 18.1 Å². The van der Waals surface area contributed by atoms with E-state index in [0.717, 1.165) is 16.9 Å². The molecule has 134 valence electrons. The Morgan fingerprint density at radius 3 is 2.44 bits per heavy atom. The molecule has 2 aromatic rings. The van der Waals surface area contributed by atoms with Gasteiger partial charge < -0.3 is 14.8 Å². The maximum absolute atomic E-state index is 12.6. The van der Waals surface area contributed by atoms with Crippen molar-refractivity contribution in [2.45, 2.75) is 46.4 Å². The van der Waals surface area contributed by atoms with Crippen molar-refractivity contribution in [3.05, 3.63) is 65.2 Å². The van der Waals surface area contributed by atoms with Gasteiger partial charge in [-0.15, -0.1) is 0 Å². The minimum Gasteiger partial charge on any atom is -0.494 e. The minimum atomic E-state index is -0.106. The van der Waals surface area contributed by atoms with Gasteiger partial charge in [0, 0.05) is 11.1 Å². The van der Waals surface area contributed by atoms with Crippen LogP contribution < -0.4 is 10.1 Å². The van der Waals surface area contributed by atoms with Crippen molar-refractivity contribution < 1.29 is 14.3 Å². The molecule has 1 N–H and O–H groups in total. The van der Waals surface area contributed by atoms with Crippen LogP contribution in [-0.2, 0) is 11.3 Å². The molecule has 0 saturated heterocycles. The van der Waals surface area contributed by atoms with E-state index in [2.05, 4.69) is 5.32 Å². The van der Waals surface area contributed by atoms with Crippen LogP contribution in [0.3, 0.4) is 0 Å². The number of hydrogen-bond acceptors (Lipinski definition) is 3. The zero-order valence-corrected chi connectivity index (χ0v) is 15.4. The van der Waals surface area contributed by atoms with Gasteiger partial charge in [-0.25, -0.2) is 0 Å². The lowest BCUT2D eigenvalue weighted by Gasteiger charge is -2.16. The standard InChI is InChI=1S/C21H27NO3/c1-5-24-20-12-11-18(13-19(20)14-25-15(2)3)21(23)22-16(4)17-9-7-6-8-10-17/h6-13,15-16H,5,14H2,1-4H3,(H,22,23)/t16-/m0/s1. The molecule has 0 aromatic heterocycles. The van der Waals surface area contributed by atoms with Crippen LogP contribution in [0.25, 0.3) is 0 Å². The molecule has 1 atom stereocenters. The molecule has 0 aliphatic rings. The largest absolute Gasteiger partial charge is 0.494 e. The highest BCUT2D eigenvalue weighted by Crippen LogP contribution is 2.22. The Bertz CT molecular complexity index is 683. The Hall–Kier alpha value is -2.33. The molecule has 4 nitrogen and oxygen atoms in total. The number of rotatable bonds is 8. The third-order valence-corrected chi connectivity index (χ3v) is 3.84. The van der Waals surface area contributed by atoms with Crippen molar-refractivity contribution in [1.82, 2.24) is 5.32 Å². The Balaban J connectivity index is 2.14. The van der Waals surface area contributed by atoms with Crippen LogP contribution >= 0.6 is 0 Å². The first-order chi connectivity index (χ1) is 12.0. The zero-order valence-electron chi connectivity index (χ0n) is 15.4. The van der Waals surface area contributed by atoms with E-state index in [1.165, 1.54) is 0 Å². The summed E-state index contributed by atoms with van der Waals surface area (Å²) in [6.45, 7) is 8.88. The quantitative estimate of drug-likeness (QED) is 0.769. The predicted molar refractivity (Wildman–Crippen MR) is 99.9 cm³/mol. The van der Waals surface area contributed by atoms with E-state index in [9.17, 15) is 4.79 Å². The molecule has 25 heavy (non-hydrogen) atoms. The van der Waals surface area contributed by atoms with Gasteiger partial charge in [0.05, 0.1) is 25.4 Å². The number of amides is 1. The molecule has 1 amide bonds. The summed E-state index contributed by atoms with van der Waals surface area (Å²) in [6, 6.07) is 15.3. The predicted octanol–water partition coefficient (Wildman–Crippen LogP) is 4.50. The summed E-state index contributed by atoms with van der Waals surface area (Å²) in [4.78, 5) is 12.6. The van der Waals surface area contributed by atoms with E-state index < -0.39 is 0 Å². The van der Waals surface area contributed by atoms with Crippen molar-refractivity contribution in [3.8, 4) is 5.75 Å². The number of hydrogen-bond donors (Lipinski definition) is 1. The first kappa shape index (κ1) is 19.0. The van der Waals surface area contributed by atoms with Crippen LogP contribution in [0.15, 0.2) is 48.5 Å². The maximum Gasteiger partial charge on any atom is 0.251 e. The second-order valence-electron chi connectivity index (χ2n) is 6.22. The molecular weight excluding hydrogens is 314 g/mol. The Labute approximate surface area is 150 Å². The second-order valence-corrected chi connectivity index (χ2v) is 6.22. The van der Waals surface area contributed by atoms with E-state index in [4.69, 9.17) is 9.47 Å². The first-order valence-electron chi connectivity index (χ1n) is 8.74. The van der Waals surface area contributed by atoms with Gasteiger partial charge >= 0.3 is 0 Å². The maximum atomic E-state index is 12.6. The summed E-state index contributed by atoms with van der Waals surface area (Å²) >= 11 is 0. The van der Waals surface area contributed by atoms with Crippen LogP contribution in [0.4, 0.5) is 0 Å². The number of carbonyl (C=O) groups excluding carboxylic acids is 1. The summed E-state index contributed by atoms with van der Waals surface area (Å²) in [6.07, 6.45) is 0.116. The minimum absolute atomic E-state index is 0.0596. The molecule has 4 heteroatoms. The van der Waals surface area contributed by atoms with Gasteiger partial charge in [-0.1, -0.05) is 30.3 Å². The SMILES string of the molecule is CCOc1ccc(C(=O)N[C@@H](C)c2ccccc2)cc1COC(C)C. The number of carbonyl (C=O) groups is 1. The van der Waals surface area contributed by atoms with E-state index in [1.54, 1.807) is 6.07 Å². The Morgan fingerprint density at radius 2 is 1.80 bits per heavy atom. The van der Waals surface area contributed by atoms with E-state index in [1.807, 2.05) is 70.2 Å². The number of benzene rings is 2. The molecular formula is C21H27NO3. The average Bonchev–Trinajstić information content (AvgIpc) is 2.61. The van der Waals surface area contributed by atoms with Crippen molar-refractivity contribution >= 4 is 5.91 Å². The van der Waals surface area contributed by atoms with Gasteiger partial charge in [0.25, 0.3) is 5.91 Å². The highest BCUT2D eigenvalue weighted by atomic mass is 16.5. The summed E-state index contributed by atoms with van der Waals surface area (Å²) in [7, 11) is 0. The van der Waals surface area contributed by atoms with Crippen molar-refractivity contribution in [3.63, 3.8) is 0 Å².